The van der Waals surface area contributed by atoms with Crippen LogP contribution >= 0.6 is 7.82 Å². The highest BCUT2D eigenvalue weighted by Crippen LogP contribution is 2.44. The third kappa shape index (κ3) is 8.56. The summed E-state index contributed by atoms with van der Waals surface area (Å²) in [7, 11) is -4.55. The lowest BCUT2D eigenvalue weighted by Gasteiger charge is -2.13. The molecule has 0 aliphatic carbocycles. The number of phosphoric ester groups is 1. The van der Waals surface area contributed by atoms with Crippen molar-refractivity contribution in [2.75, 3.05) is 19.6 Å². The van der Waals surface area contributed by atoms with Crippen LogP contribution < -0.4 is 9.05 Å². The zero-order valence-corrected chi connectivity index (χ0v) is 17.7. The maximum absolute atomic E-state index is 11.8. The lowest BCUT2D eigenvalue weighted by Crippen LogP contribution is -2.21. The van der Waals surface area contributed by atoms with E-state index in [0.29, 0.717) is 0 Å². The molecule has 2 rings (SSSR count). The normalized spacial score (nSPS) is 10.7. The summed E-state index contributed by atoms with van der Waals surface area (Å²) < 4.78 is 21.3. The molecule has 0 bridgehead atoms. The van der Waals surface area contributed by atoms with E-state index >= 15 is 0 Å². The lowest BCUT2D eigenvalue weighted by molar-refractivity contribution is -0.385. The predicted octanol–water partition coefficient (Wildman–Crippen LogP) is 4.41. The third-order valence-electron chi connectivity index (χ3n) is 3.88. The van der Waals surface area contributed by atoms with Gasteiger partial charge in [0.25, 0.3) is 11.4 Å². The lowest BCUT2D eigenvalue weighted by atomic mass is 10.3. The molecule has 0 unspecified atom stereocenters. The molecule has 0 saturated carbocycles. The third-order valence-corrected chi connectivity index (χ3v) is 4.76. The van der Waals surface area contributed by atoms with Gasteiger partial charge >= 0.3 is 7.82 Å². The maximum atomic E-state index is 11.8. The van der Waals surface area contributed by atoms with E-state index in [2.05, 4.69) is 25.7 Å². The van der Waals surface area contributed by atoms with Gasteiger partial charge in [-0.3, -0.25) is 25.1 Å². The smallest absolute Gasteiger partial charge is 0.395 e. The Morgan fingerprint density at radius 3 is 1.30 bits per heavy atom. The van der Waals surface area contributed by atoms with E-state index in [1.54, 1.807) is 0 Å². The summed E-state index contributed by atoms with van der Waals surface area (Å²) in [4.78, 5) is 31.7. The van der Waals surface area contributed by atoms with Crippen molar-refractivity contribution in [3.05, 3.63) is 68.8 Å². The monoisotopic (exact) mass is 441 g/mol. The van der Waals surface area contributed by atoms with E-state index in [4.69, 9.17) is 9.05 Å². The minimum Gasteiger partial charge on any atom is -0.395 e. The van der Waals surface area contributed by atoms with Crippen LogP contribution in [0.1, 0.15) is 20.8 Å². The first-order chi connectivity index (χ1) is 14.1. The quantitative estimate of drug-likeness (QED) is 0.340. The zero-order valence-electron chi connectivity index (χ0n) is 16.8. The fourth-order valence-corrected chi connectivity index (χ4v) is 3.03. The highest BCUT2D eigenvalue weighted by Gasteiger charge is 2.25. The summed E-state index contributed by atoms with van der Waals surface area (Å²) >= 11 is 0. The van der Waals surface area contributed by atoms with Crippen LogP contribution in [0.15, 0.2) is 48.5 Å². The molecule has 0 amide bonds. The minimum absolute atomic E-state index is 0.108. The molecule has 1 N–H and O–H groups in total. The first-order valence-corrected chi connectivity index (χ1v) is 10.5. The second-order valence-corrected chi connectivity index (χ2v) is 7.07. The average molecular weight is 441 g/mol. The SMILES string of the molecule is CCN(CC)CC.O=[N+]([O-])c1ccc(OP(=O)(O)Oc2ccc([N+](=O)[O-])cc2)cc1. The minimum atomic E-state index is -4.55. The standard InChI is InChI=1S/C12H9N2O8P.C6H15N/c15-13(16)9-1-5-11(6-2-9)21-23(19,20)22-12-7-3-10(4-8-12)14(17)18;1-4-7(5-2)6-3/h1-8H,(H,19,20);4-6H2,1-3H3. The van der Waals surface area contributed by atoms with Crippen LogP contribution in [-0.2, 0) is 4.57 Å². The van der Waals surface area contributed by atoms with Crippen molar-refractivity contribution in [2.45, 2.75) is 20.8 Å². The van der Waals surface area contributed by atoms with Crippen LogP contribution in [0.4, 0.5) is 11.4 Å². The highest BCUT2D eigenvalue weighted by molar-refractivity contribution is 7.48. The zero-order chi connectivity index (χ0) is 22.7. The molecule has 0 aliphatic rings. The number of benzene rings is 2. The first kappa shape index (κ1) is 25.0. The second kappa shape index (κ2) is 11.9. The molecule has 0 spiro atoms. The fourth-order valence-electron chi connectivity index (χ4n) is 2.21. The Balaban J connectivity index is 0.000000553. The van der Waals surface area contributed by atoms with Crippen molar-refractivity contribution in [3.63, 3.8) is 0 Å². The molecule has 2 aromatic rings. The van der Waals surface area contributed by atoms with Gasteiger partial charge in [0, 0.05) is 24.3 Å². The van der Waals surface area contributed by atoms with Crippen LogP contribution in [0.2, 0.25) is 0 Å². The molecular weight excluding hydrogens is 417 g/mol. The van der Waals surface area contributed by atoms with E-state index in [0.717, 1.165) is 48.5 Å². The first-order valence-electron chi connectivity index (χ1n) is 9.05. The van der Waals surface area contributed by atoms with E-state index < -0.39 is 17.7 Å². The van der Waals surface area contributed by atoms with Gasteiger partial charge in [0.1, 0.15) is 11.5 Å². The summed E-state index contributed by atoms with van der Waals surface area (Å²) in [5, 5.41) is 21.0. The van der Waals surface area contributed by atoms with Gasteiger partial charge in [-0.2, -0.15) is 0 Å². The summed E-state index contributed by atoms with van der Waals surface area (Å²) in [5.74, 6) is -0.216. The van der Waals surface area contributed by atoms with Gasteiger partial charge in [0.05, 0.1) is 9.85 Å². The average Bonchev–Trinajstić information content (AvgIpc) is 2.70. The summed E-state index contributed by atoms with van der Waals surface area (Å²) in [6.45, 7) is 10.1. The van der Waals surface area contributed by atoms with Crippen molar-refractivity contribution in [2.24, 2.45) is 0 Å². The molecule has 0 atom stereocenters. The second-order valence-electron chi connectivity index (χ2n) is 5.77. The molecule has 0 aliphatic heterocycles. The number of nitro benzene ring substituents is 2. The molecule has 164 valence electrons. The van der Waals surface area contributed by atoms with Crippen LogP contribution in [0, 0.1) is 20.2 Å². The summed E-state index contributed by atoms with van der Waals surface area (Å²) in [6, 6.07) is 8.95. The van der Waals surface area contributed by atoms with Gasteiger partial charge in [0.15, 0.2) is 0 Å². The Morgan fingerprint density at radius 1 is 0.800 bits per heavy atom. The van der Waals surface area contributed by atoms with E-state index in [9.17, 15) is 29.7 Å². The van der Waals surface area contributed by atoms with E-state index in [1.807, 2.05) is 0 Å². The van der Waals surface area contributed by atoms with Gasteiger partial charge in [-0.05, 0) is 43.9 Å². The maximum Gasteiger partial charge on any atom is 0.584 e. The fraction of sp³-hybridized carbons (Fsp3) is 0.333. The Bertz CT molecular complexity index is 801. The number of non-ortho nitro benzene ring substituents is 2. The van der Waals surface area contributed by atoms with E-state index in [-0.39, 0.29) is 22.9 Å². The van der Waals surface area contributed by atoms with Gasteiger partial charge in [0.2, 0.25) is 0 Å². The highest BCUT2D eigenvalue weighted by atomic mass is 31.2. The Labute approximate surface area is 173 Å². The number of phosphoric acid groups is 1. The number of hydrogen-bond acceptors (Lipinski definition) is 8. The number of rotatable bonds is 9. The predicted molar refractivity (Wildman–Crippen MR) is 111 cm³/mol. The van der Waals surface area contributed by atoms with Crippen LogP contribution in [0.5, 0.6) is 11.5 Å². The van der Waals surface area contributed by atoms with Crippen LogP contribution in [-0.4, -0.2) is 39.3 Å². The van der Waals surface area contributed by atoms with Crippen LogP contribution in [0.25, 0.3) is 0 Å². The summed E-state index contributed by atoms with van der Waals surface area (Å²) in [5.41, 5.74) is -0.414. The molecule has 2 aromatic carbocycles. The molecular formula is C18H24N3O8P. The van der Waals surface area contributed by atoms with Crippen molar-refractivity contribution >= 4 is 19.2 Å². The van der Waals surface area contributed by atoms with Crippen molar-refractivity contribution in [3.8, 4) is 11.5 Å². The van der Waals surface area contributed by atoms with Gasteiger partial charge in [-0.1, -0.05) is 20.8 Å². The van der Waals surface area contributed by atoms with Gasteiger partial charge < -0.3 is 13.9 Å². The molecule has 0 radical (unpaired) electrons. The molecule has 0 fully saturated rings. The molecule has 0 aromatic heterocycles. The van der Waals surface area contributed by atoms with Crippen molar-refractivity contribution in [1.82, 2.24) is 4.90 Å². The molecule has 30 heavy (non-hydrogen) atoms. The topological polar surface area (TPSA) is 145 Å². The summed E-state index contributed by atoms with van der Waals surface area (Å²) in [6.07, 6.45) is 0. The Morgan fingerprint density at radius 2 is 1.10 bits per heavy atom. The number of nitro groups is 2. The number of nitrogens with zero attached hydrogens (tertiary/aromatic N) is 3. The Kier molecular flexibility index (Phi) is 9.90. The van der Waals surface area contributed by atoms with Crippen molar-refractivity contribution < 1.29 is 28.4 Å². The van der Waals surface area contributed by atoms with E-state index in [1.165, 1.54) is 19.6 Å². The number of hydrogen-bond donors (Lipinski definition) is 1. The van der Waals surface area contributed by atoms with Gasteiger partial charge in [-0.15, -0.1) is 0 Å². The largest absolute Gasteiger partial charge is 0.584 e. The molecule has 0 heterocycles. The molecule has 0 saturated heterocycles. The molecule has 12 heteroatoms. The Hall–Kier alpha value is -3.01. The van der Waals surface area contributed by atoms with Gasteiger partial charge in [-0.25, -0.2) is 4.57 Å². The van der Waals surface area contributed by atoms with Crippen molar-refractivity contribution in [1.29, 1.82) is 0 Å². The van der Waals surface area contributed by atoms with Crippen LogP contribution in [0.3, 0.4) is 0 Å². The molecule has 11 nitrogen and oxygen atoms in total.